The summed E-state index contributed by atoms with van der Waals surface area (Å²) in [6.45, 7) is 4.62. The van der Waals surface area contributed by atoms with Crippen molar-refractivity contribution >= 4 is 0 Å². The minimum Gasteiger partial charge on any atom is -0.493 e. The van der Waals surface area contributed by atoms with Crippen LogP contribution in [0.25, 0.3) is 0 Å². The molecule has 22 heavy (non-hydrogen) atoms. The van der Waals surface area contributed by atoms with E-state index in [0.717, 1.165) is 23.5 Å². The molecule has 0 saturated heterocycles. The third-order valence-corrected chi connectivity index (χ3v) is 3.65. The van der Waals surface area contributed by atoms with Crippen LogP contribution in [-0.2, 0) is 6.42 Å². The Morgan fingerprint density at radius 2 is 1.73 bits per heavy atom. The fraction of sp³-hybridized carbons (Fsp3) is 0.368. The molecule has 2 rings (SSSR count). The van der Waals surface area contributed by atoms with Gasteiger partial charge >= 0.3 is 0 Å². The zero-order valence-electron chi connectivity index (χ0n) is 13.6. The summed E-state index contributed by atoms with van der Waals surface area (Å²) in [5.74, 6) is 1.87. The average molecular weight is 299 g/mol. The van der Waals surface area contributed by atoms with E-state index in [0.29, 0.717) is 6.54 Å². The Hall–Kier alpha value is -2.00. The van der Waals surface area contributed by atoms with E-state index in [1.54, 1.807) is 7.11 Å². The van der Waals surface area contributed by atoms with Gasteiger partial charge in [0, 0.05) is 5.92 Å². The second-order valence-electron chi connectivity index (χ2n) is 5.66. The van der Waals surface area contributed by atoms with E-state index in [2.05, 4.69) is 18.2 Å². The van der Waals surface area contributed by atoms with Gasteiger partial charge in [-0.15, -0.1) is 0 Å². The summed E-state index contributed by atoms with van der Waals surface area (Å²) in [5, 5.41) is 0. The fourth-order valence-corrected chi connectivity index (χ4v) is 2.63. The van der Waals surface area contributed by atoms with Gasteiger partial charge in [-0.05, 0) is 44.0 Å². The highest BCUT2D eigenvalue weighted by atomic mass is 16.5. The number of ether oxygens (including phenoxy) is 2. The number of hydrogen-bond acceptors (Lipinski definition) is 3. The summed E-state index contributed by atoms with van der Waals surface area (Å²) >= 11 is 0. The summed E-state index contributed by atoms with van der Waals surface area (Å²) in [6.07, 6.45) is 0.947. The Balaban J connectivity index is 2.28. The van der Waals surface area contributed by atoms with Crippen LogP contribution < -0.4 is 15.2 Å². The highest BCUT2D eigenvalue weighted by molar-refractivity contribution is 5.47. The lowest BCUT2D eigenvalue weighted by Crippen LogP contribution is -2.16. The Kier molecular flexibility index (Phi) is 5.84. The van der Waals surface area contributed by atoms with E-state index in [-0.39, 0.29) is 12.0 Å². The second kappa shape index (κ2) is 7.85. The molecule has 0 fully saturated rings. The van der Waals surface area contributed by atoms with Crippen molar-refractivity contribution in [2.75, 3.05) is 13.7 Å². The van der Waals surface area contributed by atoms with Gasteiger partial charge in [-0.1, -0.05) is 42.5 Å². The molecule has 3 nitrogen and oxygen atoms in total. The van der Waals surface area contributed by atoms with Gasteiger partial charge in [0.1, 0.15) is 0 Å². The zero-order valence-corrected chi connectivity index (χ0v) is 13.6. The predicted octanol–water partition coefficient (Wildman–Crippen LogP) is 3.77. The first kappa shape index (κ1) is 16.4. The van der Waals surface area contributed by atoms with Crippen molar-refractivity contribution in [1.29, 1.82) is 0 Å². The molecule has 0 aromatic heterocycles. The van der Waals surface area contributed by atoms with Crippen LogP contribution in [0.5, 0.6) is 11.5 Å². The maximum absolute atomic E-state index is 5.99. The molecule has 3 heteroatoms. The van der Waals surface area contributed by atoms with Crippen molar-refractivity contribution in [3.8, 4) is 11.5 Å². The Morgan fingerprint density at radius 3 is 2.32 bits per heavy atom. The molecule has 0 bridgehead atoms. The summed E-state index contributed by atoms with van der Waals surface area (Å²) < 4.78 is 11.4. The molecule has 0 aliphatic carbocycles. The molecule has 0 spiro atoms. The topological polar surface area (TPSA) is 44.5 Å². The van der Waals surface area contributed by atoms with E-state index < -0.39 is 0 Å². The fourth-order valence-electron chi connectivity index (χ4n) is 2.63. The molecule has 0 aliphatic heterocycles. The highest BCUT2D eigenvalue weighted by Gasteiger charge is 2.16. The molecular weight excluding hydrogens is 274 g/mol. The first-order valence-corrected chi connectivity index (χ1v) is 7.73. The van der Waals surface area contributed by atoms with Crippen LogP contribution in [0.1, 0.15) is 30.9 Å². The summed E-state index contributed by atoms with van der Waals surface area (Å²) in [5.41, 5.74) is 8.37. The van der Waals surface area contributed by atoms with Gasteiger partial charge in [0.2, 0.25) is 0 Å². The van der Waals surface area contributed by atoms with Gasteiger partial charge in [0.25, 0.3) is 0 Å². The van der Waals surface area contributed by atoms with Gasteiger partial charge in [0.15, 0.2) is 11.5 Å². The molecule has 2 aromatic carbocycles. The number of benzene rings is 2. The first-order chi connectivity index (χ1) is 10.7. The highest BCUT2D eigenvalue weighted by Crippen LogP contribution is 2.34. The standard InChI is InChI=1S/C19H25NO2/c1-14(2)22-18-11-7-10-16(19(18)21-3)12-17(13-20)15-8-5-4-6-9-15/h4-11,14,17H,12-13,20H2,1-3H3. The first-order valence-electron chi connectivity index (χ1n) is 7.73. The lowest BCUT2D eigenvalue weighted by atomic mass is 9.91. The normalized spacial score (nSPS) is 12.2. The summed E-state index contributed by atoms with van der Waals surface area (Å²) in [7, 11) is 1.69. The van der Waals surface area contributed by atoms with Gasteiger partial charge < -0.3 is 15.2 Å². The van der Waals surface area contributed by atoms with Crippen LogP contribution >= 0.6 is 0 Å². The number of rotatable bonds is 7. The van der Waals surface area contributed by atoms with Gasteiger partial charge in [-0.3, -0.25) is 0 Å². The lowest BCUT2D eigenvalue weighted by Gasteiger charge is -2.20. The number of para-hydroxylation sites is 1. The molecule has 0 radical (unpaired) electrons. The van der Waals surface area contributed by atoms with Gasteiger partial charge in [0.05, 0.1) is 13.2 Å². The SMILES string of the molecule is COc1c(CC(CN)c2ccccc2)cccc1OC(C)C. The maximum Gasteiger partial charge on any atom is 0.163 e. The molecule has 2 N–H and O–H groups in total. The Morgan fingerprint density at radius 1 is 1.00 bits per heavy atom. The molecule has 0 aliphatic rings. The largest absolute Gasteiger partial charge is 0.493 e. The molecule has 2 aromatic rings. The molecule has 0 heterocycles. The molecule has 0 amide bonds. The van der Waals surface area contributed by atoms with Crippen molar-refractivity contribution in [3.63, 3.8) is 0 Å². The van der Waals surface area contributed by atoms with Crippen LogP contribution in [0.15, 0.2) is 48.5 Å². The third-order valence-electron chi connectivity index (χ3n) is 3.65. The van der Waals surface area contributed by atoms with Crippen molar-refractivity contribution in [2.45, 2.75) is 32.3 Å². The quantitative estimate of drug-likeness (QED) is 0.846. The Labute approximate surface area is 133 Å². The number of methoxy groups -OCH3 is 1. The van der Waals surface area contributed by atoms with Crippen molar-refractivity contribution in [3.05, 3.63) is 59.7 Å². The molecule has 1 atom stereocenters. The number of nitrogens with two attached hydrogens (primary N) is 1. The van der Waals surface area contributed by atoms with E-state index >= 15 is 0 Å². The zero-order chi connectivity index (χ0) is 15.9. The van der Waals surface area contributed by atoms with E-state index in [9.17, 15) is 0 Å². The molecule has 0 saturated carbocycles. The van der Waals surface area contributed by atoms with Crippen LogP contribution in [0.4, 0.5) is 0 Å². The van der Waals surface area contributed by atoms with Crippen LogP contribution in [0.3, 0.4) is 0 Å². The molecule has 1 unspecified atom stereocenters. The van der Waals surface area contributed by atoms with Crippen LogP contribution in [0.2, 0.25) is 0 Å². The van der Waals surface area contributed by atoms with E-state index in [1.807, 2.05) is 44.2 Å². The molecular formula is C19H25NO2. The Bertz CT molecular complexity index is 581. The van der Waals surface area contributed by atoms with Gasteiger partial charge in [-0.25, -0.2) is 0 Å². The third kappa shape index (κ3) is 4.01. The minimum absolute atomic E-state index is 0.114. The van der Waals surface area contributed by atoms with Crippen molar-refractivity contribution in [1.82, 2.24) is 0 Å². The number of hydrogen-bond donors (Lipinski definition) is 1. The van der Waals surface area contributed by atoms with E-state index in [4.69, 9.17) is 15.2 Å². The molecule has 118 valence electrons. The lowest BCUT2D eigenvalue weighted by molar-refractivity contribution is 0.229. The van der Waals surface area contributed by atoms with Gasteiger partial charge in [-0.2, -0.15) is 0 Å². The average Bonchev–Trinajstić information content (AvgIpc) is 2.53. The van der Waals surface area contributed by atoms with Crippen molar-refractivity contribution in [2.24, 2.45) is 5.73 Å². The minimum atomic E-state index is 0.114. The van der Waals surface area contributed by atoms with Crippen molar-refractivity contribution < 1.29 is 9.47 Å². The van der Waals surface area contributed by atoms with Crippen LogP contribution in [0, 0.1) is 0 Å². The monoisotopic (exact) mass is 299 g/mol. The van der Waals surface area contributed by atoms with E-state index in [1.165, 1.54) is 5.56 Å². The summed E-state index contributed by atoms with van der Waals surface area (Å²) in [6, 6.07) is 16.4. The second-order valence-corrected chi connectivity index (χ2v) is 5.66. The van der Waals surface area contributed by atoms with Crippen LogP contribution in [-0.4, -0.2) is 19.8 Å². The predicted molar refractivity (Wildman–Crippen MR) is 90.7 cm³/mol. The smallest absolute Gasteiger partial charge is 0.163 e. The maximum atomic E-state index is 5.99. The summed E-state index contributed by atoms with van der Waals surface area (Å²) in [4.78, 5) is 0.